The van der Waals surface area contributed by atoms with Crippen LogP contribution in [-0.2, 0) is 12.5 Å². The number of alkyl halides is 2. The van der Waals surface area contributed by atoms with Crippen molar-refractivity contribution in [3.8, 4) is 5.75 Å². The lowest BCUT2D eigenvalue weighted by molar-refractivity contribution is 0.0369. The molecule has 2 heterocycles. The number of halogens is 2. The number of nitrogens with zero attached hydrogens (tertiary/aromatic N) is 3. The molecule has 0 saturated carbocycles. The van der Waals surface area contributed by atoms with Crippen LogP contribution in [0.4, 0.5) is 8.78 Å². The third-order valence-corrected chi connectivity index (χ3v) is 3.99. The first-order chi connectivity index (χ1) is 12.9. The van der Waals surface area contributed by atoms with Gasteiger partial charge in [0.15, 0.2) is 5.82 Å². The molecule has 0 spiro atoms. The van der Waals surface area contributed by atoms with Gasteiger partial charge in [0.1, 0.15) is 23.7 Å². The quantitative estimate of drug-likeness (QED) is 0.844. The van der Waals surface area contributed by atoms with E-state index in [4.69, 9.17) is 15.3 Å². The molecule has 1 aliphatic rings. The van der Waals surface area contributed by atoms with Gasteiger partial charge in [0.25, 0.3) is 0 Å². The minimum Gasteiger partial charge on any atom is -0.494 e. The molecule has 0 aliphatic heterocycles. The molecule has 2 aromatic rings. The Hall–Kier alpha value is -3.26. The smallest absolute Gasteiger partial charge is 0.317 e. The van der Waals surface area contributed by atoms with Gasteiger partial charge in [0, 0.05) is 18.0 Å². The van der Waals surface area contributed by atoms with Crippen molar-refractivity contribution in [1.29, 1.82) is 5.41 Å². The first kappa shape index (κ1) is 18.5. The second kappa shape index (κ2) is 7.16. The van der Waals surface area contributed by atoms with Crippen LogP contribution in [0.3, 0.4) is 0 Å². The van der Waals surface area contributed by atoms with Crippen molar-refractivity contribution in [1.82, 2.24) is 15.0 Å². The zero-order valence-corrected chi connectivity index (χ0v) is 14.4. The number of methoxy groups -OCH3 is 1. The number of hydrogen-bond donors (Lipinski definition) is 2. The summed E-state index contributed by atoms with van der Waals surface area (Å²) in [5.41, 5.74) is 0.383. The molecule has 0 aromatic carbocycles. The van der Waals surface area contributed by atoms with Gasteiger partial charge in [-0.1, -0.05) is 18.7 Å². The number of aromatic nitrogens is 3. The lowest BCUT2D eigenvalue weighted by atomic mass is 9.98. The number of hydrogen-bond acceptors (Lipinski definition) is 6. The maximum absolute atomic E-state index is 14.9. The van der Waals surface area contributed by atoms with Gasteiger partial charge in [0.2, 0.25) is 0 Å². The van der Waals surface area contributed by atoms with Crippen molar-refractivity contribution >= 4 is 11.3 Å². The van der Waals surface area contributed by atoms with Crippen LogP contribution >= 0.6 is 0 Å². The molecule has 6 nitrogen and oxygen atoms in total. The summed E-state index contributed by atoms with van der Waals surface area (Å²) in [6.07, 6.45) is 6.68. The molecule has 2 N–H and O–H groups in total. The maximum Gasteiger partial charge on any atom is 0.317 e. The van der Waals surface area contributed by atoms with Crippen LogP contribution in [0.5, 0.6) is 5.75 Å². The second-order valence-corrected chi connectivity index (χ2v) is 5.74. The Balaban J connectivity index is 2.06. The summed E-state index contributed by atoms with van der Waals surface area (Å²) in [5.74, 6) is -3.10. The van der Waals surface area contributed by atoms with Crippen molar-refractivity contribution in [2.75, 3.05) is 7.11 Å². The summed E-state index contributed by atoms with van der Waals surface area (Å²) in [5, 5.41) is 16.8. The number of ether oxygens (including phenoxy) is 1. The van der Waals surface area contributed by atoms with Gasteiger partial charge in [0.05, 0.1) is 18.4 Å². The molecule has 138 valence electrons. The monoisotopic (exact) mass is 370 g/mol. The van der Waals surface area contributed by atoms with Crippen LogP contribution in [0.2, 0.25) is 0 Å². The number of rotatable bonds is 5. The molecule has 2 aromatic heterocycles. The highest BCUT2D eigenvalue weighted by Crippen LogP contribution is 2.37. The molecule has 0 amide bonds. The van der Waals surface area contributed by atoms with Crippen molar-refractivity contribution in [2.45, 2.75) is 12.5 Å². The number of pyridine rings is 1. The number of aliphatic hydroxyl groups is 1. The van der Waals surface area contributed by atoms with Gasteiger partial charge >= 0.3 is 5.92 Å². The van der Waals surface area contributed by atoms with Crippen LogP contribution in [-0.4, -0.2) is 32.9 Å². The summed E-state index contributed by atoms with van der Waals surface area (Å²) < 4.78 is 35.0. The molecular weight excluding hydrogens is 354 g/mol. The molecular formula is C19H16F2N4O2. The van der Waals surface area contributed by atoms with E-state index in [1.54, 1.807) is 12.2 Å². The second-order valence-electron chi connectivity index (χ2n) is 5.74. The fraction of sp³-hybridized carbons (Fsp3) is 0.158. The molecule has 3 rings (SSSR count). The van der Waals surface area contributed by atoms with E-state index in [-0.39, 0.29) is 17.2 Å². The molecule has 0 radical (unpaired) electrons. The number of aliphatic hydroxyl groups excluding tert-OH is 1. The standard InChI is InChI=1S/C19H16F2N4O2/c1-11-3-4-12(7-14(11)22)18-15(27-2)5-6-16(25-18)19(20,21)13-8-23-17(10-26)24-9-13/h3-9,22,26H,1,10H2,2H3. The molecule has 0 atom stereocenters. The van der Waals surface area contributed by atoms with Crippen molar-refractivity contribution < 1.29 is 18.6 Å². The van der Waals surface area contributed by atoms with E-state index in [0.29, 0.717) is 16.9 Å². The fourth-order valence-electron chi connectivity index (χ4n) is 2.46. The Kier molecular flexibility index (Phi) is 4.91. The molecule has 0 saturated heterocycles. The topological polar surface area (TPSA) is 92.0 Å². The van der Waals surface area contributed by atoms with Crippen LogP contribution in [0.15, 0.2) is 54.9 Å². The highest BCUT2D eigenvalue weighted by atomic mass is 19.3. The predicted octanol–water partition coefficient (Wildman–Crippen LogP) is 3.04. The Labute approximate surface area is 154 Å². The van der Waals surface area contributed by atoms with Crippen molar-refractivity contribution in [3.05, 3.63) is 77.7 Å². The Morgan fingerprint density at radius 3 is 2.52 bits per heavy atom. The third-order valence-electron chi connectivity index (χ3n) is 3.99. The summed E-state index contributed by atoms with van der Waals surface area (Å²) in [7, 11) is 1.41. The highest BCUT2D eigenvalue weighted by molar-refractivity contribution is 6.14. The van der Waals surface area contributed by atoms with Crippen LogP contribution in [0.1, 0.15) is 22.8 Å². The van der Waals surface area contributed by atoms with Crippen molar-refractivity contribution in [3.63, 3.8) is 0 Å². The van der Waals surface area contributed by atoms with Gasteiger partial charge in [-0.25, -0.2) is 15.0 Å². The molecule has 0 unspecified atom stereocenters. The van der Waals surface area contributed by atoms with Crippen LogP contribution in [0.25, 0.3) is 5.57 Å². The Bertz CT molecular complexity index is 966. The first-order valence-corrected chi connectivity index (χ1v) is 7.90. The normalized spacial score (nSPS) is 14.3. The highest BCUT2D eigenvalue weighted by Gasteiger charge is 2.37. The minimum absolute atomic E-state index is 0.0502. The van der Waals surface area contributed by atoms with Gasteiger partial charge in [-0.15, -0.1) is 0 Å². The lowest BCUT2D eigenvalue weighted by Crippen LogP contribution is -2.19. The molecule has 0 bridgehead atoms. The molecule has 8 heteroatoms. The first-order valence-electron chi connectivity index (χ1n) is 7.90. The Morgan fingerprint density at radius 1 is 1.22 bits per heavy atom. The summed E-state index contributed by atoms with van der Waals surface area (Å²) in [6, 6.07) is 2.57. The Morgan fingerprint density at radius 2 is 1.93 bits per heavy atom. The van der Waals surface area contributed by atoms with Gasteiger partial charge in [-0.2, -0.15) is 8.78 Å². The van der Waals surface area contributed by atoms with E-state index in [1.807, 2.05) is 0 Å². The minimum atomic E-state index is -3.45. The predicted molar refractivity (Wildman–Crippen MR) is 95.7 cm³/mol. The zero-order chi connectivity index (χ0) is 19.6. The summed E-state index contributed by atoms with van der Waals surface area (Å²) in [6.45, 7) is 3.28. The van der Waals surface area contributed by atoms with E-state index in [0.717, 1.165) is 12.4 Å². The molecule has 27 heavy (non-hydrogen) atoms. The average molecular weight is 370 g/mol. The third kappa shape index (κ3) is 3.52. The van der Waals surface area contributed by atoms with Crippen LogP contribution in [0, 0.1) is 5.41 Å². The average Bonchev–Trinajstić information content (AvgIpc) is 2.69. The van der Waals surface area contributed by atoms with Crippen molar-refractivity contribution in [2.24, 2.45) is 0 Å². The molecule has 0 fully saturated rings. The van der Waals surface area contributed by atoms with E-state index in [1.165, 1.54) is 25.3 Å². The summed E-state index contributed by atoms with van der Waals surface area (Å²) in [4.78, 5) is 11.5. The SMILES string of the molecule is C=C1C=CC(c2nc(C(F)(F)c3cnc(CO)nc3)ccc2OC)=CC1=N. The molecule has 1 aliphatic carbocycles. The maximum atomic E-state index is 14.9. The zero-order valence-electron chi connectivity index (χ0n) is 14.4. The van der Waals surface area contributed by atoms with Gasteiger partial charge in [-0.3, -0.25) is 0 Å². The number of allylic oxidation sites excluding steroid dienone is 5. The van der Waals surface area contributed by atoms with E-state index < -0.39 is 23.8 Å². The summed E-state index contributed by atoms with van der Waals surface area (Å²) >= 11 is 0. The lowest BCUT2D eigenvalue weighted by Gasteiger charge is -2.19. The van der Waals surface area contributed by atoms with E-state index in [9.17, 15) is 8.78 Å². The van der Waals surface area contributed by atoms with Gasteiger partial charge in [-0.05, 0) is 23.8 Å². The van der Waals surface area contributed by atoms with E-state index in [2.05, 4.69) is 21.5 Å². The number of nitrogens with one attached hydrogen (secondary N) is 1. The van der Waals surface area contributed by atoms with E-state index >= 15 is 0 Å². The van der Waals surface area contributed by atoms with Crippen LogP contribution < -0.4 is 4.74 Å². The fourth-order valence-corrected chi connectivity index (χ4v) is 2.46. The van der Waals surface area contributed by atoms with Gasteiger partial charge < -0.3 is 15.3 Å². The largest absolute Gasteiger partial charge is 0.494 e.